The molecule has 0 bridgehead atoms. The van der Waals surface area contributed by atoms with Gasteiger partial charge < -0.3 is 10.8 Å². The molecule has 0 spiro atoms. The minimum absolute atomic E-state index is 0.298. The quantitative estimate of drug-likeness (QED) is 0.492. The zero-order valence-electron chi connectivity index (χ0n) is 16.6. The number of rotatable bonds is 6. The van der Waals surface area contributed by atoms with Crippen molar-refractivity contribution in [3.05, 3.63) is 60.7 Å². The van der Waals surface area contributed by atoms with Crippen molar-refractivity contribution in [2.75, 3.05) is 12.3 Å². The lowest BCUT2D eigenvalue weighted by atomic mass is 9.85. The number of halogens is 1. The van der Waals surface area contributed by atoms with Crippen molar-refractivity contribution in [1.29, 1.82) is 0 Å². The Kier molecular flexibility index (Phi) is 6.32. The maximum Gasteiger partial charge on any atom is 0.141 e. The van der Waals surface area contributed by atoms with Gasteiger partial charge in [-0.2, -0.15) is 0 Å². The summed E-state index contributed by atoms with van der Waals surface area (Å²) in [5, 5.41) is 10.7. The Morgan fingerprint density at radius 3 is 2.57 bits per heavy atom. The highest BCUT2D eigenvalue weighted by Crippen LogP contribution is 2.34. The van der Waals surface area contributed by atoms with Gasteiger partial charge in [-0.25, -0.2) is 9.37 Å². The second-order valence-electron chi connectivity index (χ2n) is 7.73. The van der Waals surface area contributed by atoms with Crippen LogP contribution in [-0.4, -0.2) is 27.2 Å². The fourth-order valence-electron chi connectivity index (χ4n) is 3.80. The number of nitrogen functional groups attached to an aromatic ring is 1. The third-order valence-electron chi connectivity index (χ3n) is 5.48. The van der Waals surface area contributed by atoms with Crippen molar-refractivity contribution >= 4 is 17.8 Å². The van der Waals surface area contributed by atoms with Crippen LogP contribution < -0.4 is 10.5 Å². The monoisotopic (exact) mass is 424 g/mol. The number of anilines is 1. The molecule has 0 radical (unpaired) electrons. The normalized spacial score (nSPS) is 15.8. The van der Waals surface area contributed by atoms with Crippen molar-refractivity contribution < 1.29 is 9.50 Å². The fourth-order valence-corrected chi connectivity index (χ4v) is 4.74. The molecule has 5 nitrogen and oxygen atoms in total. The average Bonchev–Trinajstić information content (AvgIpc) is 2.75. The van der Waals surface area contributed by atoms with Gasteiger partial charge in [0.05, 0.1) is 23.7 Å². The third kappa shape index (κ3) is 4.80. The van der Waals surface area contributed by atoms with Crippen LogP contribution in [0.4, 0.5) is 10.2 Å². The Bertz CT molecular complexity index is 1010. The van der Waals surface area contributed by atoms with Gasteiger partial charge in [-0.3, -0.25) is 9.71 Å². The molecule has 1 aliphatic carbocycles. The smallest absolute Gasteiger partial charge is 0.141 e. The van der Waals surface area contributed by atoms with Crippen molar-refractivity contribution in [1.82, 2.24) is 14.7 Å². The molecule has 1 aliphatic rings. The van der Waals surface area contributed by atoms with Crippen LogP contribution in [0, 0.1) is 5.82 Å². The van der Waals surface area contributed by atoms with E-state index < -0.39 is 5.60 Å². The SMILES string of the molecule is Nc1cnc(-c2ccc(-c3ccccc3SNCC3(O)CCCCC3)cc2F)cn1. The first kappa shape index (κ1) is 20.8. The molecule has 156 valence electrons. The number of nitrogens with one attached hydrogen (secondary N) is 1. The van der Waals surface area contributed by atoms with E-state index in [2.05, 4.69) is 14.7 Å². The summed E-state index contributed by atoms with van der Waals surface area (Å²) >= 11 is 1.47. The Hall–Kier alpha value is -2.48. The van der Waals surface area contributed by atoms with E-state index in [1.54, 1.807) is 6.07 Å². The lowest BCUT2D eigenvalue weighted by molar-refractivity contribution is 0.0100. The number of nitrogens with zero attached hydrogens (tertiary/aromatic N) is 2. The van der Waals surface area contributed by atoms with E-state index in [9.17, 15) is 9.50 Å². The highest BCUT2D eigenvalue weighted by molar-refractivity contribution is 7.97. The summed E-state index contributed by atoms with van der Waals surface area (Å²) in [4.78, 5) is 9.12. The van der Waals surface area contributed by atoms with E-state index >= 15 is 0 Å². The first-order valence-corrected chi connectivity index (χ1v) is 10.9. The van der Waals surface area contributed by atoms with Crippen LogP contribution in [0.25, 0.3) is 22.4 Å². The molecule has 0 aliphatic heterocycles. The van der Waals surface area contributed by atoms with Crippen molar-refractivity contribution in [3.8, 4) is 22.4 Å². The minimum atomic E-state index is -0.631. The highest BCUT2D eigenvalue weighted by Gasteiger charge is 2.28. The zero-order chi connectivity index (χ0) is 21.0. The Labute approximate surface area is 180 Å². The van der Waals surface area contributed by atoms with Crippen molar-refractivity contribution in [2.24, 2.45) is 0 Å². The predicted octanol–water partition coefficient (Wildman–Crippen LogP) is 4.82. The van der Waals surface area contributed by atoms with Gasteiger partial charge in [-0.1, -0.05) is 43.5 Å². The van der Waals surface area contributed by atoms with Crippen LogP contribution in [0.1, 0.15) is 32.1 Å². The predicted molar refractivity (Wildman–Crippen MR) is 119 cm³/mol. The zero-order valence-corrected chi connectivity index (χ0v) is 17.5. The van der Waals surface area contributed by atoms with Crippen molar-refractivity contribution in [2.45, 2.75) is 42.6 Å². The summed E-state index contributed by atoms with van der Waals surface area (Å²) in [6.45, 7) is 0.537. The van der Waals surface area contributed by atoms with Gasteiger partial charge in [-0.15, -0.1) is 0 Å². The standard InChI is InChI=1S/C23H25FN4OS/c24-19-12-16(8-9-18(19)20-13-27-22(25)14-26-20)17-6-2-3-7-21(17)30-28-15-23(29)10-4-1-5-11-23/h2-3,6-9,12-14,28-29H,1,4-5,10-11,15H2,(H2,25,27). The van der Waals surface area contributed by atoms with E-state index in [0.29, 0.717) is 23.6 Å². The summed E-state index contributed by atoms with van der Waals surface area (Å²) in [7, 11) is 0. The Morgan fingerprint density at radius 2 is 1.83 bits per heavy atom. The molecule has 30 heavy (non-hydrogen) atoms. The number of hydrogen-bond donors (Lipinski definition) is 3. The molecular weight excluding hydrogens is 399 g/mol. The third-order valence-corrected chi connectivity index (χ3v) is 6.35. The van der Waals surface area contributed by atoms with E-state index in [0.717, 1.165) is 41.7 Å². The van der Waals surface area contributed by atoms with Gasteiger partial charge in [0.15, 0.2) is 0 Å². The van der Waals surface area contributed by atoms with Crippen LogP contribution in [0.5, 0.6) is 0 Å². The van der Waals surface area contributed by atoms with Crippen LogP contribution in [0.15, 0.2) is 59.8 Å². The molecule has 4 N–H and O–H groups in total. The topological polar surface area (TPSA) is 84.1 Å². The summed E-state index contributed by atoms with van der Waals surface area (Å²) in [6.07, 6.45) is 7.90. The summed E-state index contributed by atoms with van der Waals surface area (Å²) in [5.41, 5.74) is 7.47. The van der Waals surface area contributed by atoms with Crippen LogP contribution >= 0.6 is 11.9 Å². The van der Waals surface area contributed by atoms with Crippen LogP contribution in [-0.2, 0) is 0 Å². The van der Waals surface area contributed by atoms with E-state index in [1.165, 1.54) is 36.8 Å². The van der Waals surface area contributed by atoms with Gasteiger partial charge >= 0.3 is 0 Å². The van der Waals surface area contributed by atoms with Gasteiger partial charge in [0, 0.05) is 17.0 Å². The molecule has 0 saturated heterocycles. The maximum absolute atomic E-state index is 14.8. The second kappa shape index (κ2) is 9.12. The molecule has 1 fully saturated rings. The second-order valence-corrected chi connectivity index (χ2v) is 8.66. The van der Waals surface area contributed by atoms with Crippen LogP contribution in [0.3, 0.4) is 0 Å². The van der Waals surface area contributed by atoms with Gasteiger partial charge in [0.1, 0.15) is 11.6 Å². The minimum Gasteiger partial charge on any atom is -0.389 e. The molecule has 4 rings (SSSR count). The molecule has 0 amide bonds. The molecule has 0 unspecified atom stereocenters. The van der Waals surface area contributed by atoms with E-state index in [-0.39, 0.29) is 5.82 Å². The van der Waals surface area contributed by atoms with Crippen LogP contribution in [0.2, 0.25) is 0 Å². The number of aliphatic hydroxyl groups is 1. The molecular formula is C23H25FN4OS. The molecule has 0 atom stereocenters. The van der Waals surface area contributed by atoms with Gasteiger partial charge in [-0.05, 0) is 54.1 Å². The lowest BCUT2D eigenvalue weighted by Gasteiger charge is -2.32. The first-order chi connectivity index (χ1) is 14.5. The Morgan fingerprint density at radius 1 is 1.03 bits per heavy atom. The number of nitrogens with two attached hydrogens (primary N) is 1. The molecule has 7 heteroatoms. The molecule has 1 aromatic heterocycles. The van der Waals surface area contributed by atoms with E-state index in [4.69, 9.17) is 5.73 Å². The molecule has 2 aromatic carbocycles. The number of hydrogen-bond acceptors (Lipinski definition) is 6. The molecule has 1 saturated carbocycles. The summed E-state index contributed by atoms with van der Waals surface area (Å²) in [6, 6.07) is 13.0. The Balaban J connectivity index is 1.51. The molecule has 1 heterocycles. The first-order valence-electron chi connectivity index (χ1n) is 10.1. The van der Waals surface area contributed by atoms with Gasteiger partial charge in [0.2, 0.25) is 0 Å². The molecule has 3 aromatic rings. The highest BCUT2D eigenvalue weighted by atomic mass is 32.2. The van der Waals surface area contributed by atoms with E-state index in [1.807, 2.05) is 30.3 Å². The summed E-state index contributed by atoms with van der Waals surface area (Å²) in [5.74, 6) is -0.0667. The fraction of sp³-hybridized carbons (Fsp3) is 0.304. The average molecular weight is 425 g/mol. The lowest BCUT2D eigenvalue weighted by Crippen LogP contribution is -2.40. The van der Waals surface area contributed by atoms with Gasteiger partial charge in [0.25, 0.3) is 0 Å². The largest absolute Gasteiger partial charge is 0.389 e. The van der Waals surface area contributed by atoms with Crippen molar-refractivity contribution in [3.63, 3.8) is 0 Å². The number of benzene rings is 2. The number of aromatic nitrogens is 2. The summed E-state index contributed by atoms with van der Waals surface area (Å²) < 4.78 is 18.2. The maximum atomic E-state index is 14.8.